The van der Waals surface area contributed by atoms with E-state index in [0.29, 0.717) is 0 Å². The van der Waals surface area contributed by atoms with Crippen molar-refractivity contribution in [3.8, 4) is 6.07 Å². The lowest BCUT2D eigenvalue weighted by Gasteiger charge is -1.89. The van der Waals surface area contributed by atoms with Crippen LogP contribution in [-0.2, 0) is 0 Å². The van der Waals surface area contributed by atoms with E-state index in [9.17, 15) is 0 Å². The van der Waals surface area contributed by atoms with E-state index >= 15 is 0 Å². The summed E-state index contributed by atoms with van der Waals surface area (Å²) in [5, 5.41) is 13.9. The predicted molar refractivity (Wildman–Crippen MR) is 33.9 cm³/mol. The van der Waals surface area contributed by atoms with Crippen LogP contribution in [0.1, 0.15) is 18.5 Å². The highest BCUT2D eigenvalue weighted by Crippen LogP contribution is 2.10. The summed E-state index contributed by atoms with van der Waals surface area (Å²) in [4.78, 5) is 0. The molecule has 4 heteroatoms. The second kappa shape index (κ2) is 2.55. The first-order chi connectivity index (χ1) is 4.34. The van der Waals surface area contributed by atoms with Crippen LogP contribution in [0.3, 0.4) is 0 Å². The van der Waals surface area contributed by atoms with Gasteiger partial charge in [-0.2, -0.15) is 5.26 Å². The van der Waals surface area contributed by atoms with Gasteiger partial charge >= 0.3 is 0 Å². The van der Waals surface area contributed by atoms with Gasteiger partial charge in [-0.15, -0.1) is 5.10 Å². The molecular weight excluding hydrogens is 134 g/mol. The maximum atomic E-state index is 8.39. The van der Waals surface area contributed by atoms with Gasteiger partial charge in [-0.25, -0.2) is 0 Å². The Bertz CT molecular complexity index is 211. The van der Waals surface area contributed by atoms with E-state index in [2.05, 4.69) is 15.7 Å². The molecule has 3 nitrogen and oxygen atoms in total. The average Bonchev–Trinajstić information content (AvgIpc) is 2.37. The van der Waals surface area contributed by atoms with Crippen molar-refractivity contribution in [2.75, 3.05) is 0 Å². The first-order valence-electron chi connectivity index (χ1n) is 2.51. The Kier molecular flexibility index (Phi) is 1.75. The standard InChI is InChI=1S/C5H5N3S/c1-4(2-6)5-3-9-8-7-5/h3-4H,1H3. The van der Waals surface area contributed by atoms with Crippen LogP contribution in [-0.4, -0.2) is 9.59 Å². The first-order valence-corrected chi connectivity index (χ1v) is 3.35. The smallest absolute Gasteiger partial charge is 0.0924 e. The van der Waals surface area contributed by atoms with E-state index in [0.717, 1.165) is 5.69 Å². The number of hydrogen-bond donors (Lipinski definition) is 0. The lowest BCUT2D eigenvalue weighted by atomic mass is 10.2. The third-order valence-electron chi connectivity index (χ3n) is 1.01. The van der Waals surface area contributed by atoms with Gasteiger partial charge in [0.1, 0.15) is 0 Å². The van der Waals surface area contributed by atoms with Gasteiger partial charge in [-0.05, 0) is 18.5 Å². The number of nitriles is 1. The Morgan fingerprint density at radius 2 is 2.67 bits per heavy atom. The fraction of sp³-hybridized carbons (Fsp3) is 0.400. The van der Waals surface area contributed by atoms with Crippen molar-refractivity contribution in [1.29, 1.82) is 5.26 Å². The molecule has 0 bridgehead atoms. The summed E-state index contributed by atoms with van der Waals surface area (Å²) >= 11 is 1.27. The molecule has 0 saturated heterocycles. The SMILES string of the molecule is CC(C#N)c1csnn1. The molecule has 0 radical (unpaired) electrons. The second-order valence-electron chi connectivity index (χ2n) is 1.68. The summed E-state index contributed by atoms with van der Waals surface area (Å²) < 4.78 is 3.63. The Hall–Kier alpha value is -0.950. The highest BCUT2D eigenvalue weighted by Gasteiger charge is 2.04. The summed E-state index contributed by atoms with van der Waals surface area (Å²) in [6.07, 6.45) is 0. The molecule has 1 atom stereocenters. The van der Waals surface area contributed by atoms with Crippen molar-refractivity contribution in [2.45, 2.75) is 12.8 Å². The van der Waals surface area contributed by atoms with Crippen molar-refractivity contribution in [3.05, 3.63) is 11.1 Å². The molecule has 0 fully saturated rings. The highest BCUT2D eigenvalue weighted by atomic mass is 32.1. The lowest BCUT2D eigenvalue weighted by molar-refractivity contribution is 0.899. The molecule has 46 valence electrons. The third kappa shape index (κ3) is 1.24. The number of aromatic nitrogens is 2. The first kappa shape index (κ1) is 6.17. The van der Waals surface area contributed by atoms with Crippen LogP contribution in [0.2, 0.25) is 0 Å². The van der Waals surface area contributed by atoms with Crippen molar-refractivity contribution in [3.63, 3.8) is 0 Å². The highest BCUT2D eigenvalue weighted by molar-refractivity contribution is 7.03. The van der Waals surface area contributed by atoms with Crippen LogP contribution in [0.5, 0.6) is 0 Å². The van der Waals surface area contributed by atoms with Crippen LogP contribution in [0.25, 0.3) is 0 Å². The molecule has 1 rings (SSSR count). The summed E-state index contributed by atoms with van der Waals surface area (Å²) in [5.41, 5.74) is 0.766. The van der Waals surface area contributed by atoms with Crippen molar-refractivity contribution >= 4 is 11.5 Å². The van der Waals surface area contributed by atoms with Gasteiger partial charge in [0.25, 0.3) is 0 Å². The molecule has 0 amide bonds. The molecule has 1 aromatic heterocycles. The monoisotopic (exact) mass is 139 g/mol. The predicted octanol–water partition coefficient (Wildman–Crippen LogP) is 1.17. The third-order valence-corrected chi connectivity index (χ3v) is 1.54. The molecular formula is C5H5N3S. The summed E-state index contributed by atoms with van der Waals surface area (Å²) in [5.74, 6) is -0.122. The van der Waals surface area contributed by atoms with Gasteiger partial charge in [-0.1, -0.05) is 4.49 Å². The molecule has 1 aromatic rings. The lowest BCUT2D eigenvalue weighted by Crippen LogP contribution is -1.88. The van der Waals surface area contributed by atoms with E-state index < -0.39 is 0 Å². The molecule has 0 aliphatic heterocycles. The second-order valence-corrected chi connectivity index (χ2v) is 2.29. The van der Waals surface area contributed by atoms with E-state index in [1.165, 1.54) is 11.5 Å². The van der Waals surface area contributed by atoms with Gasteiger partial charge < -0.3 is 0 Å². The Morgan fingerprint density at radius 1 is 1.89 bits per heavy atom. The summed E-state index contributed by atoms with van der Waals surface area (Å²) in [7, 11) is 0. The normalized spacial score (nSPS) is 12.4. The minimum absolute atomic E-state index is 0.122. The van der Waals surface area contributed by atoms with E-state index in [1.54, 1.807) is 12.3 Å². The molecule has 1 heterocycles. The molecule has 9 heavy (non-hydrogen) atoms. The van der Waals surface area contributed by atoms with Crippen LogP contribution < -0.4 is 0 Å². The van der Waals surface area contributed by atoms with Gasteiger partial charge in [0.15, 0.2) is 0 Å². The van der Waals surface area contributed by atoms with E-state index in [4.69, 9.17) is 5.26 Å². The van der Waals surface area contributed by atoms with Crippen LogP contribution >= 0.6 is 11.5 Å². The fourth-order valence-electron chi connectivity index (χ4n) is 0.427. The molecule has 1 unspecified atom stereocenters. The molecule has 0 spiro atoms. The van der Waals surface area contributed by atoms with E-state index in [1.807, 2.05) is 0 Å². The summed E-state index contributed by atoms with van der Waals surface area (Å²) in [6, 6.07) is 2.07. The van der Waals surface area contributed by atoms with Gasteiger partial charge in [0, 0.05) is 5.38 Å². The van der Waals surface area contributed by atoms with Gasteiger partial charge in [-0.3, -0.25) is 0 Å². The number of nitrogens with zero attached hydrogens (tertiary/aromatic N) is 3. The Morgan fingerprint density at radius 3 is 3.11 bits per heavy atom. The maximum Gasteiger partial charge on any atom is 0.0924 e. The molecule has 0 N–H and O–H groups in total. The number of hydrogen-bond acceptors (Lipinski definition) is 4. The zero-order valence-electron chi connectivity index (χ0n) is 4.90. The average molecular weight is 139 g/mol. The van der Waals surface area contributed by atoms with E-state index in [-0.39, 0.29) is 5.92 Å². The van der Waals surface area contributed by atoms with Crippen molar-refractivity contribution < 1.29 is 0 Å². The van der Waals surface area contributed by atoms with Crippen LogP contribution in [0, 0.1) is 11.3 Å². The minimum Gasteiger partial charge on any atom is -0.198 e. The minimum atomic E-state index is -0.122. The molecule has 0 saturated carbocycles. The largest absolute Gasteiger partial charge is 0.198 e. The number of rotatable bonds is 1. The molecule has 0 aliphatic rings. The molecule has 0 aliphatic carbocycles. The van der Waals surface area contributed by atoms with Gasteiger partial charge in [0.05, 0.1) is 17.7 Å². The van der Waals surface area contributed by atoms with Crippen LogP contribution in [0.15, 0.2) is 5.38 Å². The van der Waals surface area contributed by atoms with Gasteiger partial charge in [0.2, 0.25) is 0 Å². The molecule has 0 aromatic carbocycles. The Balaban J connectivity index is 2.80. The topological polar surface area (TPSA) is 49.6 Å². The van der Waals surface area contributed by atoms with Crippen LogP contribution in [0.4, 0.5) is 0 Å². The van der Waals surface area contributed by atoms with Crippen molar-refractivity contribution in [2.24, 2.45) is 0 Å². The summed E-state index contributed by atoms with van der Waals surface area (Å²) in [6.45, 7) is 1.80. The fourth-order valence-corrected chi connectivity index (χ4v) is 0.974. The van der Waals surface area contributed by atoms with Crippen molar-refractivity contribution in [1.82, 2.24) is 9.59 Å². The zero-order chi connectivity index (χ0) is 6.69. The quantitative estimate of drug-likeness (QED) is 0.586. The Labute approximate surface area is 57.1 Å². The zero-order valence-corrected chi connectivity index (χ0v) is 5.72. The maximum absolute atomic E-state index is 8.39.